The van der Waals surface area contributed by atoms with E-state index in [0.717, 1.165) is 52.2 Å². The maximum Gasteiger partial charge on any atom is 0.262 e. The van der Waals surface area contributed by atoms with Crippen LogP contribution in [0.5, 0.6) is 0 Å². The molecule has 3 heterocycles. The average molecular weight is 403 g/mol. The van der Waals surface area contributed by atoms with Crippen molar-refractivity contribution in [3.8, 4) is 0 Å². The summed E-state index contributed by atoms with van der Waals surface area (Å²) in [4.78, 5) is 33.1. The molecule has 0 saturated carbocycles. The van der Waals surface area contributed by atoms with Gasteiger partial charge in [-0.15, -0.1) is 0 Å². The maximum absolute atomic E-state index is 12.9. The van der Waals surface area contributed by atoms with E-state index in [9.17, 15) is 9.59 Å². The molecular formula is C20H26N4O3S. The Bertz CT molecular complexity index is 985. The van der Waals surface area contributed by atoms with Crippen LogP contribution in [0.2, 0.25) is 0 Å². The van der Waals surface area contributed by atoms with E-state index >= 15 is 0 Å². The van der Waals surface area contributed by atoms with Gasteiger partial charge in [0.05, 0.1) is 23.6 Å². The van der Waals surface area contributed by atoms with Gasteiger partial charge in [0, 0.05) is 38.3 Å². The molecule has 0 radical (unpaired) electrons. The summed E-state index contributed by atoms with van der Waals surface area (Å²) in [6.07, 6.45) is 1.99. The van der Waals surface area contributed by atoms with Crippen LogP contribution >= 0.6 is 12.2 Å². The monoisotopic (exact) mass is 402 g/mol. The second-order valence-corrected chi connectivity index (χ2v) is 7.85. The number of hydrogen-bond donors (Lipinski definition) is 1. The molecule has 2 saturated heterocycles. The topological polar surface area (TPSA) is 70.6 Å². The van der Waals surface area contributed by atoms with Gasteiger partial charge in [0.1, 0.15) is 0 Å². The Morgan fingerprint density at radius 3 is 2.75 bits per heavy atom. The Morgan fingerprint density at radius 2 is 2.07 bits per heavy atom. The van der Waals surface area contributed by atoms with E-state index in [1.54, 1.807) is 22.8 Å². The molecule has 1 N–H and O–H groups in total. The number of H-pyrrole nitrogens is 1. The first-order valence-corrected chi connectivity index (χ1v) is 10.4. The molecule has 1 atom stereocenters. The Labute approximate surface area is 168 Å². The number of piperazine rings is 1. The molecule has 1 amide bonds. The zero-order valence-electron chi connectivity index (χ0n) is 16.1. The number of amides is 1. The van der Waals surface area contributed by atoms with E-state index in [2.05, 4.69) is 16.8 Å². The smallest absolute Gasteiger partial charge is 0.262 e. The molecule has 2 aliphatic rings. The lowest BCUT2D eigenvalue weighted by atomic mass is 10.1. The number of carbonyl (C=O) groups excluding carboxylic acids is 1. The number of ether oxygens (including phenoxy) is 1. The highest BCUT2D eigenvalue weighted by atomic mass is 32.1. The summed E-state index contributed by atoms with van der Waals surface area (Å²) in [5.74, 6) is 0.000468. The third-order valence-electron chi connectivity index (χ3n) is 5.75. The van der Waals surface area contributed by atoms with Crippen molar-refractivity contribution in [2.75, 3.05) is 39.3 Å². The molecule has 1 aromatic heterocycles. The van der Waals surface area contributed by atoms with Crippen LogP contribution in [0.1, 0.15) is 30.1 Å². The molecule has 0 spiro atoms. The first-order chi connectivity index (χ1) is 13.6. The highest BCUT2D eigenvalue weighted by Gasteiger charge is 2.22. The first-order valence-electron chi connectivity index (χ1n) is 9.97. The van der Waals surface area contributed by atoms with Gasteiger partial charge in [-0.1, -0.05) is 6.92 Å². The zero-order chi connectivity index (χ0) is 19.7. The molecule has 4 rings (SSSR count). The van der Waals surface area contributed by atoms with E-state index in [1.807, 2.05) is 4.90 Å². The van der Waals surface area contributed by atoms with Gasteiger partial charge < -0.3 is 19.5 Å². The summed E-state index contributed by atoms with van der Waals surface area (Å²) in [7, 11) is 0. The molecular weight excluding hydrogens is 376 g/mol. The summed E-state index contributed by atoms with van der Waals surface area (Å²) in [6.45, 7) is 7.58. The molecule has 8 heteroatoms. The van der Waals surface area contributed by atoms with Crippen molar-refractivity contribution in [1.82, 2.24) is 19.4 Å². The van der Waals surface area contributed by atoms with Gasteiger partial charge in [-0.3, -0.25) is 14.2 Å². The van der Waals surface area contributed by atoms with E-state index in [4.69, 9.17) is 17.0 Å². The van der Waals surface area contributed by atoms with Crippen LogP contribution in [0, 0.1) is 4.77 Å². The Balaban J connectivity index is 1.60. The van der Waals surface area contributed by atoms with Gasteiger partial charge in [0.15, 0.2) is 4.77 Å². The Kier molecular flexibility index (Phi) is 5.61. The highest BCUT2D eigenvalue weighted by Crippen LogP contribution is 2.16. The number of carbonyl (C=O) groups is 1. The normalized spacial score (nSPS) is 20.8. The third-order valence-corrected chi connectivity index (χ3v) is 6.07. The summed E-state index contributed by atoms with van der Waals surface area (Å²) in [5, 5.41) is 0.541. The molecule has 0 bridgehead atoms. The predicted octanol–water partition coefficient (Wildman–Crippen LogP) is 2.02. The van der Waals surface area contributed by atoms with Crippen LogP contribution in [0.25, 0.3) is 10.9 Å². The second-order valence-electron chi connectivity index (χ2n) is 7.47. The van der Waals surface area contributed by atoms with Crippen LogP contribution < -0.4 is 5.56 Å². The SMILES string of the molecule is CCN1CCN(C(=O)c2ccc3c(=O)n(CC4CCCO4)c(=S)[nH]c3c2)CC1. The van der Waals surface area contributed by atoms with Gasteiger partial charge in [-0.2, -0.15) is 0 Å². The molecule has 2 aliphatic heterocycles. The third kappa shape index (κ3) is 3.76. The average Bonchev–Trinajstić information content (AvgIpc) is 3.23. The largest absolute Gasteiger partial charge is 0.376 e. The van der Waals surface area contributed by atoms with Gasteiger partial charge in [0.2, 0.25) is 0 Å². The number of fused-ring (bicyclic) bond motifs is 1. The fraction of sp³-hybridized carbons (Fsp3) is 0.550. The molecule has 2 fully saturated rings. The van der Waals surface area contributed by atoms with Crippen LogP contribution in [-0.2, 0) is 11.3 Å². The first kappa shape index (κ1) is 19.3. The van der Waals surface area contributed by atoms with Gasteiger partial charge >= 0.3 is 0 Å². The van der Waals surface area contributed by atoms with Crippen molar-refractivity contribution in [3.63, 3.8) is 0 Å². The number of nitrogens with one attached hydrogen (secondary N) is 1. The second kappa shape index (κ2) is 8.14. The molecule has 150 valence electrons. The van der Waals surface area contributed by atoms with Crippen molar-refractivity contribution >= 4 is 29.0 Å². The van der Waals surface area contributed by atoms with Crippen molar-refractivity contribution < 1.29 is 9.53 Å². The van der Waals surface area contributed by atoms with Crippen molar-refractivity contribution in [3.05, 3.63) is 38.9 Å². The highest BCUT2D eigenvalue weighted by molar-refractivity contribution is 7.71. The standard InChI is InChI=1S/C20H26N4O3S/c1-2-22-7-9-23(10-8-22)18(25)14-5-6-16-17(12-14)21-20(28)24(19(16)26)13-15-4-3-11-27-15/h5-6,12,15H,2-4,7-11,13H2,1H3,(H,21,28). The number of benzene rings is 1. The van der Waals surface area contributed by atoms with Crippen molar-refractivity contribution in [1.29, 1.82) is 0 Å². The van der Waals surface area contributed by atoms with Crippen LogP contribution in [0.4, 0.5) is 0 Å². The number of rotatable bonds is 4. The number of likely N-dealkylation sites (N-methyl/N-ethyl adjacent to an activating group) is 1. The summed E-state index contributed by atoms with van der Waals surface area (Å²) in [5.41, 5.74) is 1.06. The lowest BCUT2D eigenvalue weighted by Crippen LogP contribution is -2.48. The molecule has 1 aromatic carbocycles. The fourth-order valence-electron chi connectivity index (χ4n) is 4.00. The predicted molar refractivity (Wildman–Crippen MR) is 110 cm³/mol. The van der Waals surface area contributed by atoms with Crippen molar-refractivity contribution in [2.24, 2.45) is 0 Å². The van der Waals surface area contributed by atoms with Gasteiger partial charge in [-0.25, -0.2) is 0 Å². The zero-order valence-corrected chi connectivity index (χ0v) is 17.0. The summed E-state index contributed by atoms with van der Waals surface area (Å²) in [6, 6.07) is 5.22. The summed E-state index contributed by atoms with van der Waals surface area (Å²) >= 11 is 5.41. The molecule has 28 heavy (non-hydrogen) atoms. The van der Waals surface area contributed by atoms with Crippen LogP contribution in [0.3, 0.4) is 0 Å². The lowest BCUT2D eigenvalue weighted by Gasteiger charge is -2.34. The Hall–Kier alpha value is -2.03. The number of aromatic amines is 1. The maximum atomic E-state index is 12.9. The quantitative estimate of drug-likeness (QED) is 0.793. The minimum absolute atomic E-state index is 0.000468. The van der Waals surface area contributed by atoms with E-state index in [-0.39, 0.29) is 17.6 Å². The van der Waals surface area contributed by atoms with E-state index < -0.39 is 0 Å². The number of hydrogen-bond acceptors (Lipinski definition) is 5. The minimum atomic E-state index is -0.134. The fourth-order valence-corrected chi connectivity index (χ4v) is 4.26. The van der Waals surface area contributed by atoms with Gasteiger partial charge in [0.25, 0.3) is 11.5 Å². The molecule has 0 aliphatic carbocycles. The van der Waals surface area contributed by atoms with Crippen LogP contribution in [-0.4, -0.2) is 70.7 Å². The summed E-state index contributed by atoms with van der Waals surface area (Å²) < 4.78 is 7.58. The lowest BCUT2D eigenvalue weighted by molar-refractivity contribution is 0.0643. The van der Waals surface area contributed by atoms with E-state index in [1.165, 1.54) is 0 Å². The van der Waals surface area contributed by atoms with Crippen LogP contribution in [0.15, 0.2) is 23.0 Å². The minimum Gasteiger partial charge on any atom is -0.376 e. The Morgan fingerprint density at radius 1 is 1.29 bits per heavy atom. The van der Waals surface area contributed by atoms with Gasteiger partial charge in [-0.05, 0) is 49.8 Å². The number of aromatic nitrogens is 2. The molecule has 2 aromatic rings. The number of nitrogens with zero attached hydrogens (tertiary/aromatic N) is 3. The van der Waals surface area contributed by atoms with Crippen molar-refractivity contribution in [2.45, 2.75) is 32.4 Å². The molecule has 1 unspecified atom stereocenters. The molecule has 7 nitrogen and oxygen atoms in total. The van der Waals surface area contributed by atoms with E-state index in [0.29, 0.717) is 27.8 Å².